The number of Topliss-reactive ketones (excluding diaryl/α,β-unsaturated/α-hetero) is 1. The molecule has 1 aliphatic rings. The van der Waals surface area contributed by atoms with E-state index in [2.05, 4.69) is 9.97 Å². The van der Waals surface area contributed by atoms with Crippen molar-refractivity contribution in [2.24, 2.45) is 14.1 Å². The summed E-state index contributed by atoms with van der Waals surface area (Å²) in [4.78, 5) is 60.6. The van der Waals surface area contributed by atoms with Crippen LogP contribution in [0.4, 0.5) is 0 Å². The van der Waals surface area contributed by atoms with Gasteiger partial charge in [0.2, 0.25) is 5.91 Å². The van der Waals surface area contributed by atoms with Crippen LogP contribution in [0, 0.1) is 0 Å². The van der Waals surface area contributed by atoms with E-state index in [-0.39, 0.29) is 33.7 Å². The Labute approximate surface area is 172 Å². The first-order valence-corrected chi connectivity index (χ1v) is 10.4. The van der Waals surface area contributed by atoms with Crippen molar-refractivity contribution >= 4 is 34.5 Å². The minimum atomic E-state index is -1.03. The fourth-order valence-corrected chi connectivity index (χ4v) is 4.69. The van der Waals surface area contributed by atoms with Crippen molar-refractivity contribution in [2.45, 2.75) is 48.8 Å². The summed E-state index contributed by atoms with van der Waals surface area (Å²) in [6.07, 6.45) is 4.00. The number of ketones is 1. The van der Waals surface area contributed by atoms with Crippen LogP contribution >= 0.6 is 11.8 Å². The molecule has 1 amide bonds. The predicted molar refractivity (Wildman–Crippen MR) is 110 cm³/mol. The van der Waals surface area contributed by atoms with Crippen molar-refractivity contribution in [3.63, 3.8) is 0 Å². The average Bonchev–Trinajstić information content (AvgIpc) is 3.22. The molecule has 2 heterocycles. The molecule has 0 radical (unpaired) electrons. The number of amides is 1. The van der Waals surface area contributed by atoms with E-state index < -0.39 is 16.5 Å². The molecule has 0 saturated heterocycles. The Morgan fingerprint density at radius 3 is 2.28 bits per heavy atom. The Bertz CT molecular complexity index is 1100. The maximum Gasteiger partial charge on any atom is 0.332 e. The number of hydrogen-bond acceptors (Lipinski definition) is 7. The first-order chi connectivity index (χ1) is 13.6. The fraction of sp³-hybridized carbons (Fsp3) is 0.579. The molecule has 1 saturated carbocycles. The molecule has 1 aliphatic carbocycles. The van der Waals surface area contributed by atoms with Gasteiger partial charge in [0.05, 0.1) is 0 Å². The molecule has 0 unspecified atom stereocenters. The van der Waals surface area contributed by atoms with Crippen LogP contribution in [0.25, 0.3) is 11.0 Å². The second kappa shape index (κ2) is 8.10. The Morgan fingerprint density at radius 2 is 1.72 bits per heavy atom. The summed E-state index contributed by atoms with van der Waals surface area (Å²) < 4.78 is 2.30. The molecular weight excluding hydrogens is 394 g/mol. The summed E-state index contributed by atoms with van der Waals surface area (Å²) in [6.45, 7) is 1.34. The molecule has 156 valence electrons. The van der Waals surface area contributed by atoms with Crippen LogP contribution in [0.1, 0.15) is 44.3 Å². The Hall–Kier alpha value is -2.49. The zero-order chi connectivity index (χ0) is 21.5. The van der Waals surface area contributed by atoms with Gasteiger partial charge in [0.15, 0.2) is 11.4 Å². The number of hydrogen-bond donors (Lipinski definition) is 0. The molecule has 10 heteroatoms. The van der Waals surface area contributed by atoms with Crippen molar-refractivity contribution in [2.75, 3.05) is 14.1 Å². The molecular formula is C19H25N5O4S. The minimum Gasteiger partial charge on any atom is -0.347 e. The van der Waals surface area contributed by atoms with Crippen LogP contribution < -0.4 is 11.2 Å². The van der Waals surface area contributed by atoms with Crippen molar-refractivity contribution in [3.05, 3.63) is 26.7 Å². The quantitative estimate of drug-likeness (QED) is 0.401. The standard InChI is InChI=1S/C19H25N5O4S/c1-10(25)13(18(27)22(2)3)29-16-12-15(23(4)19(28)24(5)17(12)26)20-14(21-16)11-8-6-7-9-11/h11,13H,6-9H2,1-5H3/t13-/m0/s1. The second-order valence-electron chi connectivity index (χ2n) is 7.61. The molecule has 2 aromatic rings. The van der Waals surface area contributed by atoms with Gasteiger partial charge in [-0.2, -0.15) is 0 Å². The van der Waals surface area contributed by atoms with Crippen molar-refractivity contribution in [1.29, 1.82) is 0 Å². The van der Waals surface area contributed by atoms with Gasteiger partial charge in [0, 0.05) is 34.1 Å². The van der Waals surface area contributed by atoms with E-state index >= 15 is 0 Å². The maximum absolute atomic E-state index is 12.9. The summed E-state index contributed by atoms with van der Waals surface area (Å²) in [6, 6.07) is 0. The van der Waals surface area contributed by atoms with E-state index in [1.165, 1.54) is 23.4 Å². The summed E-state index contributed by atoms with van der Waals surface area (Å²) in [5, 5.41) is -0.607. The molecule has 1 atom stereocenters. The van der Waals surface area contributed by atoms with Gasteiger partial charge in [0.25, 0.3) is 5.56 Å². The number of aromatic nitrogens is 4. The smallest absolute Gasteiger partial charge is 0.332 e. The van der Waals surface area contributed by atoms with Gasteiger partial charge in [-0.25, -0.2) is 14.8 Å². The number of nitrogens with zero attached hydrogens (tertiary/aromatic N) is 5. The monoisotopic (exact) mass is 419 g/mol. The molecule has 1 fully saturated rings. The van der Waals surface area contributed by atoms with E-state index in [0.717, 1.165) is 42.0 Å². The van der Waals surface area contributed by atoms with E-state index in [9.17, 15) is 19.2 Å². The van der Waals surface area contributed by atoms with Crippen LogP contribution in [0.5, 0.6) is 0 Å². The summed E-state index contributed by atoms with van der Waals surface area (Å²) in [7, 11) is 6.08. The Kier molecular flexibility index (Phi) is 5.92. The number of aryl methyl sites for hydroxylation is 1. The third-order valence-corrected chi connectivity index (χ3v) is 6.56. The maximum atomic E-state index is 12.9. The number of carbonyl (C=O) groups is 2. The lowest BCUT2D eigenvalue weighted by Gasteiger charge is -2.19. The lowest BCUT2D eigenvalue weighted by atomic mass is 10.1. The molecule has 0 spiro atoms. The van der Waals surface area contributed by atoms with Crippen LogP contribution in [0.15, 0.2) is 14.6 Å². The van der Waals surface area contributed by atoms with Gasteiger partial charge in [0.1, 0.15) is 21.5 Å². The third-order valence-electron chi connectivity index (χ3n) is 5.27. The van der Waals surface area contributed by atoms with Gasteiger partial charge in [-0.1, -0.05) is 24.6 Å². The van der Waals surface area contributed by atoms with E-state index in [1.54, 1.807) is 21.1 Å². The van der Waals surface area contributed by atoms with E-state index in [0.29, 0.717) is 5.82 Å². The van der Waals surface area contributed by atoms with Gasteiger partial charge in [-0.15, -0.1) is 0 Å². The normalized spacial score (nSPS) is 15.6. The van der Waals surface area contributed by atoms with Crippen LogP contribution in [0.2, 0.25) is 0 Å². The first kappa shape index (κ1) is 21.2. The topological polar surface area (TPSA) is 107 Å². The molecule has 0 aromatic carbocycles. The second-order valence-corrected chi connectivity index (χ2v) is 8.71. The van der Waals surface area contributed by atoms with Crippen LogP contribution in [-0.4, -0.2) is 55.0 Å². The molecule has 0 aliphatic heterocycles. The van der Waals surface area contributed by atoms with Crippen molar-refractivity contribution in [1.82, 2.24) is 24.0 Å². The molecule has 0 N–H and O–H groups in total. The zero-order valence-electron chi connectivity index (χ0n) is 17.3. The third kappa shape index (κ3) is 3.85. The lowest BCUT2D eigenvalue weighted by molar-refractivity contribution is -0.132. The molecule has 29 heavy (non-hydrogen) atoms. The number of fused-ring (bicyclic) bond motifs is 1. The van der Waals surface area contributed by atoms with Crippen LogP contribution in [0.3, 0.4) is 0 Å². The number of rotatable bonds is 5. The zero-order valence-corrected chi connectivity index (χ0v) is 18.1. The lowest BCUT2D eigenvalue weighted by Crippen LogP contribution is -2.38. The minimum absolute atomic E-state index is 0.137. The highest BCUT2D eigenvalue weighted by Crippen LogP contribution is 2.35. The van der Waals surface area contributed by atoms with E-state index in [4.69, 9.17) is 0 Å². The molecule has 0 bridgehead atoms. The highest BCUT2D eigenvalue weighted by molar-refractivity contribution is 8.01. The first-order valence-electron chi connectivity index (χ1n) is 9.49. The van der Waals surface area contributed by atoms with Gasteiger partial charge < -0.3 is 4.90 Å². The van der Waals surface area contributed by atoms with Gasteiger partial charge in [-0.05, 0) is 19.8 Å². The largest absolute Gasteiger partial charge is 0.347 e. The van der Waals surface area contributed by atoms with Crippen molar-refractivity contribution < 1.29 is 9.59 Å². The molecule has 3 rings (SSSR count). The summed E-state index contributed by atoms with van der Waals surface area (Å²) in [5.74, 6) is -0.0126. The fourth-order valence-electron chi connectivity index (χ4n) is 3.55. The summed E-state index contributed by atoms with van der Waals surface area (Å²) >= 11 is 0.953. The Balaban J connectivity index is 2.28. The van der Waals surface area contributed by atoms with Crippen molar-refractivity contribution in [3.8, 4) is 0 Å². The molecule has 2 aromatic heterocycles. The van der Waals surface area contributed by atoms with Gasteiger partial charge >= 0.3 is 5.69 Å². The highest BCUT2D eigenvalue weighted by Gasteiger charge is 2.30. The van der Waals surface area contributed by atoms with Crippen LogP contribution in [-0.2, 0) is 23.7 Å². The number of thioether (sulfide) groups is 1. The number of carbonyl (C=O) groups excluding carboxylic acids is 2. The van der Waals surface area contributed by atoms with E-state index in [1.807, 2.05) is 0 Å². The average molecular weight is 420 g/mol. The van der Waals surface area contributed by atoms with Gasteiger partial charge in [-0.3, -0.25) is 23.5 Å². The SMILES string of the molecule is CC(=O)[C@H](Sc1nc(C2CCCC2)nc2c1c(=O)n(C)c(=O)n2C)C(=O)N(C)C. The Morgan fingerprint density at radius 1 is 1.10 bits per heavy atom. The summed E-state index contributed by atoms with van der Waals surface area (Å²) in [5.41, 5.74) is -0.790. The molecule has 9 nitrogen and oxygen atoms in total. The predicted octanol–water partition coefficient (Wildman–Crippen LogP) is 0.823. The highest BCUT2D eigenvalue weighted by atomic mass is 32.2.